The van der Waals surface area contributed by atoms with E-state index in [4.69, 9.17) is 0 Å². The molecule has 1 aliphatic heterocycles. The van der Waals surface area contributed by atoms with E-state index in [2.05, 4.69) is 4.72 Å². The molecule has 7 heteroatoms. The number of hydrogen-bond donors (Lipinski definition) is 2. The van der Waals surface area contributed by atoms with Crippen LogP contribution in [0, 0.1) is 0 Å². The summed E-state index contributed by atoms with van der Waals surface area (Å²) in [7, 11) is 0.342. The standard InChI is InChI=1S/C10H23N3O3S/c1-4-5-11-17(15,16)13-8-10(14)6-9(13)7-12(2)3/h9-11,14H,4-8H2,1-3H3. The summed E-state index contributed by atoms with van der Waals surface area (Å²) in [4.78, 5) is 1.94. The lowest BCUT2D eigenvalue weighted by Gasteiger charge is -2.26. The van der Waals surface area contributed by atoms with Crippen molar-refractivity contribution in [2.45, 2.75) is 31.9 Å². The number of rotatable bonds is 6. The third kappa shape index (κ3) is 4.18. The van der Waals surface area contributed by atoms with Crippen LogP contribution in [-0.4, -0.2) is 68.6 Å². The van der Waals surface area contributed by atoms with Gasteiger partial charge in [0.1, 0.15) is 0 Å². The topological polar surface area (TPSA) is 72.9 Å². The van der Waals surface area contributed by atoms with E-state index < -0.39 is 16.3 Å². The molecule has 2 unspecified atom stereocenters. The van der Waals surface area contributed by atoms with Crippen LogP contribution >= 0.6 is 0 Å². The van der Waals surface area contributed by atoms with E-state index in [1.54, 1.807) is 0 Å². The molecule has 17 heavy (non-hydrogen) atoms. The second kappa shape index (κ2) is 6.10. The Hall–Kier alpha value is -0.210. The first-order valence-corrected chi connectivity index (χ1v) is 7.40. The third-order valence-electron chi connectivity index (χ3n) is 2.76. The van der Waals surface area contributed by atoms with Gasteiger partial charge < -0.3 is 10.0 Å². The monoisotopic (exact) mass is 265 g/mol. The molecule has 0 spiro atoms. The fourth-order valence-electron chi connectivity index (χ4n) is 2.06. The number of aliphatic hydroxyl groups excluding tert-OH is 1. The van der Waals surface area contributed by atoms with Crippen LogP contribution < -0.4 is 4.72 Å². The molecule has 0 radical (unpaired) electrons. The lowest BCUT2D eigenvalue weighted by Crippen LogP contribution is -2.47. The number of hydrogen-bond acceptors (Lipinski definition) is 4. The van der Waals surface area contributed by atoms with Crippen LogP contribution in [0.5, 0.6) is 0 Å². The van der Waals surface area contributed by atoms with Gasteiger partial charge >= 0.3 is 0 Å². The molecular formula is C10H23N3O3S. The van der Waals surface area contributed by atoms with Gasteiger partial charge in [-0.2, -0.15) is 12.7 Å². The van der Waals surface area contributed by atoms with E-state index >= 15 is 0 Å². The Morgan fingerprint density at radius 2 is 2.12 bits per heavy atom. The normalized spacial score (nSPS) is 26.9. The van der Waals surface area contributed by atoms with Crippen molar-refractivity contribution < 1.29 is 13.5 Å². The van der Waals surface area contributed by atoms with Gasteiger partial charge in [-0.25, -0.2) is 4.72 Å². The summed E-state index contributed by atoms with van der Waals surface area (Å²) in [5.74, 6) is 0. The van der Waals surface area contributed by atoms with Crippen LogP contribution in [0.4, 0.5) is 0 Å². The van der Waals surface area contributed by atoms with Gasteiger partial charge in [0, 0.05) is 25.7 Å². The van der Waals surface area contributed by atoms with Gasteiger partial charge in [0.25, 0.3) is 10.2 Å². The molecular weight excluding hydrogens is 242 g/mol. The molecule has 1 saturated heterocycles. The van der Waals surface area contributed by atoms with Crippen molar-refractivity contribution >= 4 is 10.2 Å². The molecule has 1 aliphatic rings. The zero-order valence-electron chi connectivity index (χ0n) is 10.8. The first kappa shape index (κ1) is 14.8. The van der Waals surface area contributed by atoms with Crippen molar-refractivity contribution in [2.75, 3.05) is 33.7 Å². The van der Waals surface area contributed by atoms with Gasteiger partial charge in [-0.3, -0.25) is 0 Å². The summed E-state index contributed by atoms with van der Waals surface area (Å²) in [5.41, 5.74) is 0. The summed E-state index contributed by atoms with van der Waals surface area (Å²) in [5, 5.41) is 9.62. The number of aliphatic hydroxyl groups is 1. The number of nitrogens with zero attached hydrogens (tertiary/aromatic N) is 2. The molecule has 102 valence electrons. The minimum Gasteiger partial charge on any atom is -0.392 e. The number of likely N-dealkylation sites (N-methyl/N-ethyl adjacent to an activating group) is 1. The molecule has 0 aromatic heterocycles. The Morgan fingerprint density at radius 1 is 1.47 bits per heavy atom. The highest BCUT2D eigenvalue weighted by Crippen LogP contribution is 2.21. The minimum absolute atomic E-state index is 0.144. The van der Waals surface area contributed by atoms with Crippen molar-refractivity contribution in [3.8, 4) is 0 Å². The summed E-state index contributed by atoms with van der Waals surface area (Å²) >= 11 is 0. The summed E-state index contributed by atoms with van der Waals surface area (Å²) < 4.78 is 28.0. The molecule has 0 aromatic rings. The zero-order chi connectivity index (χ0) is 13.1. The SMILES string of the molecule is CCCNS(=O)(=O)N1CC(O)CC1CN(C)C. The highest BCUT2D eigenvalue weighted by Gasteiger charge is 2.38. The Bertz CT molecular complexity index is 332. The lowest BCUT2D eigenvalue weighted by atomic mass is 10.2. The van der Waals surface area contributed by atoms with Crippen molar-refractivity contribution in [1.29, 1.82) is 0 Å². The van der Waals surface area contributed by atoms with E-state index in [-0.39, 0.29) is 12.6 Å². The minimum atomic E-state index is -3.45. The molecule has 1 fully saturated rings. The molecule has 0 saturated carbocycles. The van der Waals surface area contributed by atoms with E-state index in [9.17, 15) is 13.5 Å². The van der Waals surface area contributed by atoms with Crippen LogP contribution in [0.1, 0.15) is 19.8 Å². The van der Waals surface area contributed by atoms with Gasteiger partial charge in [-0.05, 0) is 26.9 Å². The largest absolute Gasteiger partial charge is 0.392 e. The van der Waals surface area contributed by atoms with Gasteiger partial charge in [-0.1, -0.05) is 6.92 Å². The molecule has 1 heterocycles. The number of nitrogens with one attached hydrogen (secondary N) is 1. The van der Waals surface area contributed by atoms with Crippen molar-refractivity contribution in [1.82, 2.24) is 13.9 Å². The van der Waals surface area contributed by atoms with E-state index in [1.165, 1.54) is 4.31 Å². The first-order valence-electron chi connectivity index (χ1n) is 5.96. The average molecular weight is 265 g/mol. The van der Waals surface area contributed by atoms with Gasteiger partial charge in [0.2, 0.25) is 0 Å². The maximum Gasteiger partial charge on any atom is 0.279 e. The van der Waals surface area contributed by atoms with Crippen LogP contribution in [0.2, 0.25) is 0 Å². The predicted molar refractivity (Wildman–Crippen MR) is 66.9 cm³/mol. The van der Waals surface area contributed by atoms with Crippen LogP contribution in [-0.2, 0) is 10.2 Å². The first-order chi connectivity index (χ1) is 7.86. The zero-order valence-corrected chi connectivity index (χ0v) is 11.6. The molecule has 6 nitrogen and oxygen atoms in total. The summed E-state index contributed by atoms with van der Waals surface area (Å²) in [6.07, 6.45) is 0.706. The number of β-amino-alcohol motifs (C(OH)–C–C–N with tert-alkyl or cyclic N) is 1. The predicted octanol–water partition coefficient (Wildman–Crippen LogP) is -0.772. The third-order valence-corrected chi connectivity index (χ3v) is 4.39. The molecule has 0 aromatic carbocycles. The molecule has 2 atom stereocenters. The maximum absolute atomic E-state index is 12.0. The highest BCUT2D eigenvalue weighted by atomic mass is 32.2. The van der Waals surface area contributed by atoms with Crippen LogP contribution in [0.25, 0.3) is 0 Å². The Kier molecular flexibility index (Phi) is 5.33. The second-order valence-electron chi connectivity index (χ2n) is 4.77. The van der Waals surface area contributed by atoms with Crippen molar-refractivity contribution in [3.63, 3.8) is 0 Å². The molecule has 0 aliphatic carbocycles. The van der Waals surface area contributed by atoms with E-state index in [0.717, 1.165) is 6.42 Å². The summed E-state index contributed by atoms with van der Waals surface area (Å²) in [6, 6.07) is -0.144. The van der Waals surface area contributed by atoms with Gasteiger partial charge in [-0.15, -0.1) is 0 Å². The maximum atomic E-state index is 12.0. The van der Waals surface area contributed by atoms with Crippen molar-refractivity contribution in [2.24, 2.45) is 0 Å². The fourth-order valence-corrected chi connectivity index (χ4v) is 3.60. The molecule has 0 bridgehead atoms. The molecule has 2 N–H and O–H groups in total. The molecule has 1 rings (SSSR count). The smallest absolute Gasteiger partial charge is 0.279 e. The van der Waals surface area contributed by atoms with E-state index in [0.29, 0.717) is 19.5 Å². The van der Waals surface area contributed by atoms with E-state index in [1.807, 2.05) is 25.9 Å². The fraction of sp³-hybridized carbons (Fsp3) is 1.00. The second-order valence-corrected chi connectivity index (χ2v) is 6.48. The van der Waals surface area contributed by atoms with Crippen LogP contribution in [0.3, 0.4) is 0 Å². The van der Waals surface area contributed by atoms with Gasteiger partial charge in [0.05, 0.1) is 6.10 Å². The van der Waals surface area contributed by atoms with Crippen LogP contribution in [0.15, 0.2) is 0 Å². The molecule has 0 amide bonds. The Morgan fingerprint density at radius 3 is 2.65 bits per heavy atom. The average Bonchev–Trinajstić information content (AvgIpc) is 2.56. The summed E-state index contributed by atoms with van der Waals surface area (Å²) in [6.45, 7) is 3.17. The highest BCUT2D eigenvalue weighted by molar-refractivity contribution is 7.87. The quantitative estimate of drug-likeness (QED) is 0.661. The van der Waals surface area contributed by atoms with Crippen molar-refractivity contribution in [3.05, 3.63) is 0 Å². The Labute approximate surface area is 104 Å². The lowest BCUT2D eigenvalue weighted by molar-refractivity contribution is 0.188. The van der Waals surface area contributed by atoms with Gasteiger partial charge in [0.15, 0.2) is 0 Å². The Balaban J connectivity index is 2.72.